The molecule has 0 aromatic rings. The molecule has 7 unspecified atom stereocenters. The van der Waals surface area contributed by atoms with Crippen LogP contribution in [0.15, 0.2) is 72.9 Å². The van der Waals surface area contributed by atoms with Gasteiger partial charge in [0.25, 0.3) is 0 Å². The van der Waals surface area contributed by atoms with Gasteiger partial charge in [0.05, 0.1) is 25.4 Å². The van der Waals surface area contributed by atoms with Gasteiger partial charge in [0.15, 0.2) is 6.29 Å². The van der Waals surface area contributed by atoms with Crippen LogP contribution in [-0.4, -0.2) is 87.5 Å². The Kier molecular flexibility index (Phi) is 57.5. The number of ether oxygens (including phenoxy) is 2. The molecular formula is C72H131NO8. The van der Waals surface area contributed by atoms with Gasteiger partial charge in [-0.05, 0) is 70.6 Å². The van der Waals surface area contributed by atoms with Gasteiger partial charge in [0.2, 0.25) is 5.91 Å². The molecule has 1 fully saturated rings. The molecule has 0 aromatic carbocycles. The number of carbonyl (C=O) groups excluding carboxylic acids is 1. The Morgan fingerprint density at radius 3 is 1.19 bits per heavy atom. The van der Waals surface area contributed by atoms with Gasteiger partial charge < -0.3 is 40.3 Å². The lowest BCUT2D eigenvalue weighted by molar-refractivity contribution is -0.302. The maximum atomic E-state index is 13.1. The zero-order valence-corrected chi connectivity index (χ0v) is 52.8. The van der Waals surface area contributed by atoms with Crippen LogP contribution in [0.2, 0.25) is 0 Å². The normalized spacial score (nSPS) is 18.8. The van der Waals surface area contributed by atoms with Gasteiger partial charge in [-0.1, -0.05) is 318 Å². The number of allylic oxidation sites excluding steroid dienone is 11. The van der Waals surface area contributed by atoms with Crippen molar-refractivity contribution in [1.29, 1.82) is 0 Å². The van der Waals surface area contributed by atoms with E-state index >= 15 is 0 Å². The molecule has 0 spiro atoms. The van der Waals surface area contributed by atoms with Gasteiger partial charge in [0, 0.05) is 6.42 Å². The van der Waals surface area contributed by atoms with Gasteiger partial charge in [-0.25, -0.2) is 0 Å². The van der Waals surface area contributed by atoms with E-state index in [0.717, 1.165) is 64.2 Å². The first-order valence-electron chi connectivity index (χ1n) is 34.7. The Morgan fingerprint density at radius 2 is 0.778 bits per heavy atom. The number of hydrogen-bond donors (Lipinski definition) is 6. The molecule has 1 amide bonds. The molecule has 1 heterocycles. The molecule has 9 nitrogen and oxygen atoms in total. The molecule has 81 heavy (non-hydrogen) atoms. The summed E-state index contributed by atoms with van der Waals surface area (Å²) in [5, 5.41) is 54.7. The van der Waals surface area contributed by atoms with E-state index in [0.29, 0.717) is 6.42 Å². The average Bonchev–Trinajstić information content (AvgIpc) is 3.48. The molecule has 6 N–H and O–H groups in total. The zero-order valence-electron chi connectivity index (χ0n) is 52.8. The third kappa shape index (κ3) is 49.6. The molecule has 0 radical (unpaired) electrons. The minimum atomic E-state index is -1.58. The number of amides is 1. The maximum absolute atomic E-state index is 13.1. The van der Waals surface area contributed by atoms with Crippen LogP contribution in [0.5, 0.6) is 0 Å². The maximum Gasteiger partial charge on any atom is 0.220 e. The first kappa shape index (κ1) is 76.6. The lowest BCUT2D eigenvalue weighted by atomic mass is 9.99. The summed E-state index contributed by atoms with van der Waals surface area (Å²) in [5.41, 5.74) is 0. The molecule has 9 heteroatoms. The summed E-state index contributed by atoms with van der Waals surface area (Å²) in [4.78, 5) is 13.1. The molecule has 7 atom stereocenters. The van der Waals surface area contributed by atoms with Crippen LogP contribution in [0, 0.1) is 0 Å². The minimum Gasteiger partial charge on any atom is -0.394 e. The molecule has 1 rings (SSSR count). The number of carbonyl (C=O) groups is 1. The molecule has 0 saturated carbocycles. The van der Waals surface area contributed by atoms with Crippen molar-refractivity contribution in [3.8, 4) is 0 Å². The predicted molar refractivity (Wildman–Crippen MR) is 345 cm³/mol. The van der Waals surface area contributed by atoms with E-state index in [4.69, 9.17) is 9.47 Å². The Hall–Kier alpha value is -2.37. The second-order valence-electron chi connectivity index (χ2n) is 23.9. The van der Waals surface area contributed by atoms with Crippen LogP contribution < -0.4 is 5.32 Å². The monoisotopic (exact) mass is 1140 g/mol. The number of hydrogen-bond acceptors (Lipinski definition) is 8. The third-order valence-corrected chi connectivity index (χ3v) is 16.3. The van der Waals surface area contributed by atoms with E-state index in [1.54, 1.807) is 6.08 Å². The number of aliphatic hydroxyl groups is 5. The largest absolute Gasteiger partial charge is 0.394 e. The fourth-order valence-corrected chi connectivity index (χ4v) is 10.9. The average molecular weight is 1140 g/mol. The fraction of sp³-hybridized carbons (Fsp3) is 0.819. The lowest BCUT2D eigenvalue weighted by Crippen LogP contribution is -2.60. The molecule has 0 aliphatic carbocycles. The van der Waals surface area contributed by atoms with Crippen molar-refractivity contribution in [1.82, 2.24) is 5.32 Å². The standard InChI is InChI=1S/C72H131NO8/c1-3-5-7-9-11-13-15-17-19-21-23-25-27-29-31-32-33-34-36-37-39-41-43-45-47-49-51-53-55-57-59-61-66(75)65(64-80-72-71(79)70(78)69(77)67(63-74)81-72)73-68(76)62-60-58-56-54-52-50-48-46-44-42-40-38-35-30-28-26-24-22-20-18-16-14-12-10-8-6-4-2/h6,8,12,14,18,20,24,26,51,53,59,61,65-67,69-72,74-75,77-79H,3-5,7,9-11,13,15-17,19,21-23,25,27-50,52,54-58,60,62-64H2,1-2H3,(H,73,76)/b8-6-,14-12-,20-18-,26-24-,53-51+,61-59+. The van der Waals surface area contributed by atoms with Gasteiger partial charge in [-0.2, -0.15) is 0 Å². The van der Waals surface area contributed by atoms with Crippen molar-refractivity contribution in [2.24, 2.45) is 0 Å². The van der Waals surface area contributed by atoms with Crippen LogP contribution in [-0.2, 0) is 14.3 Å². The van der Waals surface area contributed by atoms with Crippen LogP contribution in [0.3, 0.4) is 0 Å². The topological polar surface area (TPSA) is 149 Å². The van der Waals surface area contributed by atoms with Crippen molar-refractivity contribution in [2.75, 3.05) is 13.2 Å². The summed E-state index contributed by atoms with van der Waals surface area (Å²) in [7, 11) is 0. The molecule has 1 saturated heterocycles. The first-order valence-corrected chi connectivity index (χ1v) is 34.7. The highest BCUT2D eigenvalue weighted by atomic mass is 16.7. The van der Waals surface area contributed by atoms with E-state index in [1.165, 1.54) is 238 Å². The molecule has 0 bridgehead atoms. The summed E-state index contributed by atoms with van der Waals surface area (Å²) in [5.74, 6) is -0.186. The number of aliphatic hydroxyl groups excluding tert-OH is 5. The summed E-state index contributed by atoms with van der Waals surface area (Å²) in [6, 6.07) is -0.827. The molecule has 0 aromatic heterocycles. The summed E-state index contributed by atoms with van der Waals surface area (Å²) >= 11 is 0. The van der Waals surface area contributed by atoms with Gasteiger partial charge in [0.1, 0.15) is 24.4 Å². The number of nitrogens with one attached hydrogen (secondary N) is 1. The highest BCUT2D eigenvalue weighted by molar-refractivity contribution is 5.76. The molecule has 1 aliphatic rings. The number of rotatable bonds is 60. The van der Waals surface area contributed by atoms with E-state index in [9.17, 15) is 30.3 Å². The Labute approximate surface area is 499 Å². The smallest absolute Gasteiger partial charge is 0.220 e. The quantitative estimate of drug-likeness (QED) is 0.0261. The van der Waals surface area contributed by atoms with E-state index in [2.05, 4.69) is 79.9 Å². The van der Waals surface area contributed by atoms with Crippen molar-refractivity contribution in [3.05, 3.63) is 72.9 Å². The molecule has 1 aliphatic heterocycles. The fourth-order valence-electron chi connectivity index (χ4n) is 10.9. The summed E-state index contributed by atoms with van der Waals surface area (Å²) < 4.78 is 11.3. The van der Waals surface area contributed by atoms with Gasteiger partial charge in [-0.15, -0.1) is 0 Å². The minimum absolute atomic E-state index is 0.186. The van der Waals surface area contributed by atoms with Crippen molar-refractivity contribution >= 4 is 5.91 Å². The molecule has 472 valence electrons. The Bertz CT molecular complexity index is 1510. The van der Waals surface area contributed by atoms with Crippen LogP contribution in [0.1, 0.15) is 322 Å². The second kappa shape index (κ2) is 60.7. The summed E-state index contributed by atoms with van der Waals surface area (Å²) in [6.07, 6.45) is 78.7. The zero-order chi connectivity index (χ0) is 58.6. The highest BCUT2D eigenvalue weighted by Crippen LogP contribution is 2.23. The Balaban J connectivity index is 2.16. The molecular weight excluding hydrogens is 1010 g/mol. The third-order valence-electron chi connectivity index (χ3n) is 16.3. The van der Waals surface area contributed by atoms with E-state index < -0.39 is 49.5 Å². The van der Waals surface area contributed by atoms with Crippen molar-refractivity contribution in [2.45, 2.75) is 365 Å². The Morgan fingerprint density at radius 1 is 0.432 bits per heavy atom. The second-order valence-corrected chi connectivity index (χ2v) is 23.9. The van der Waals surface area contributed by atoms with Crippen LogP contribution in [0.4, 0.5) is 0 Å². The predicted octanol–water partition coefficient (Wildman–Crippen LogP) is 18.8. The summed E-state index contributed by atoms with van der Waals surface area (Å²) in [6.45, 7) is 3.69. The van der Waals surface area contributed by atoms with E-state index in [-0.39, 0.29) is 12.5 Å². The van der Waals surface area contributed by atoms with Gasteiger partial charge in [-0.3, -0.25) is 4.79 Å². The van der Waals surface area contributed by atoms with Crippen LogP contribution in [0.25, 0.3) is 0 Å². The number of unbranched alkanes of at least 4 members (excludes halogenated alkanes) is 40. The first-order chi connectivity index (χ1) is 39.8. The van der Waals surface area contributed by atoms with Crippen molar-refractivity contribution < 1.29 is 39.8 Å². The van der Waals surface area contributed by atoms with Gasteiger partial charge >= 0.3 is 0 Å². The van der Waals surface area contributed by atoms with Crippen LogP contribution >= 0.6 is 0 Å². The van der Waals surface area contributed by atoms with Crippen molar-refractivity contribution in [3.63, 3.8) is 0 Å². The SMILES string of the molecule is CC/C=C\C/C=C\C/C=C\C/C=C\CCCCCCCCCCCCCCCCC(=O)NC(COC1OC(CO)C(O)C(O)C1O)C(O)/C=C/CC/C=C/CCCCCCCCCCCCCCCCCCCCCCCCCCC. The van der Waals surface area contributed by atoms with E-state index in [1.807, 2.05) is 6.08 Å². The highest BCUT2D eigenvalue weighted by Gasteiger charge is 2.44. The lowest BCUT2D eigenvalue weighted by Gasteiger charge is -2.40.